The highest BCUT2D eigenvalue weighted by Crippen LogP contribution is 2.31. The summed E-state index contributed by atoms with van der Waals surface area (Å²) in [5, 5.41) is 9.43. The maximum atomic E-state index is 13.9. The van der Waals surface area contributed by atoms with Gasteiger partial charge in [-0.2, -0.15) is 0 Å². The van der Waals surface area contributed by atoms with Crippen LogP contribution in [0.4, 0.5) is 0 Å². The molecule has 0 amide bonds. The summed E-state index contributed by atoms with van der Waals surface area (Å²) in [5.41, 5.74) is 6.01. The molecular weight excluding hydrogens is 526 g/mol. The second-order valence-corrected chi connectivity index (χ2v) is 10.7. The van der Waals surface area contributed by atoms with Crippen molar-refractivity contribution in [1.82, 2.24) is 9.13 Å². The van der Waals surface area contributed by atoms with Crippen LogP contribution in [0.25, 0.3) is 11.8 Å². The molecular formula is C31H29N3O5S. The number of fused-ring (bicyclic) bond motifs is 1. The van der Waals surface area contributed by atoms with Gasteiger partial charge in [-0.15, -0.1) is 0 Å². The van der Waals surface area contributed by atoms with Crippen LogP contribution in [0.5, 0.6) is 0 Å². The normalized spacial score (nSPS) is 15.1. The SMILES string of the molecule is CCOC(=O)C1=C(C)N=c2s/c(=C/c3cc(C)n(-c4cccc(C(=O)O)c4)c3C)c(=O)n2C1c1ccc(C)cc1. The van der Waals surface area contributed by atoms with Crippen molar-refractivity contribution in [3.8, 4) is 5.69 Å². The quantitative estimate of drug-likeness (QED) is 0.359. The molecule has 1 N–H and O–H groups in total. The summed E-state index contributed by atoms with van der Waals surface area (Å²) in [7, 11) is 0. The van der Waals surface area contributed by atoms with Crippen molar-refractivity contribution in [2.75, 3.05) is 6.61 Å². The molecule has 204 valence electrons. The number of hydrogen-bond donors (Lipinski definition) is 1. The zero-order valence-electron chi connectivity index (χ0n) is 22.9. The molecule has 8 nitrogen and oxygen atoms in total. The van der Waals surface area contributed by atoms with E-state index in [1.807, 2.05) is 67.8 Å². The highest BCUT2D eigenvalue weighted by atomic mass is 32.1. The fraction of sp³-hybridized carbons (Fsp3) is 0.226. The molecule has 5 rings (SSSR count). The van der Waals surface area contributed by atoms with Gasteiger partial charge in [-0.05, 0) is 76.1 Å². The zero-order chi connectivity index (χ0) is 28.7. The molecule has 2 aromatic heterocycles. The number of benzene rings is 2. The molecule has 9 heteroatoms. The summed E-state index contributed by atoms with van der Waals surface area (Å²) in [6, 6.07) is 15.8. The Morgan fingerprint density at radius 2 is 1.80 bits per heavy atom. The van der Waals surface area contributed by atoms with E-state index in [0.717, 1.165) is 33.8 Å². The molecule has 40 heavy (non-hydrogen) atoms. The highest BCUT2D eigenvalue weighted by Gasteiger charge is 2.33. The minimum atomic E-state index is -0.994. The van der Waals surface area contributed by atoms with Crippen molar-refractivity contribution >= 4 is 29.4 Å². The van der Waals surface area contributed by atoms with Gasteiger partial charge in [0.1, 0.15) is 0 Å². The largest absolute Gasteiger partial charge is 0.478 e. The van der Waals surface area contributed by atoms with E-state index in [2.05, 4.69) is 4.99 Å². The lowest BCUT2D eigenvalue weighted by molar-refractivity contribution is -0.139. The topological polar surface area (TPSA) is 103 Å². The van der Waals surface area contributed by atoms with Crippen molar-refractivity contribution in [3.05, 3.63) is 119 Å². The third kappa shape index (κ3) is 4.73. The van der Waals surface area contributed by atoms with Crippen LogP contribution in [0.3, 0.4) is 0 Å². The molecule has 0 spiro atoms. The fourth-order valence-electron chi connectivity index (χ4n) is 5.11. The Bertz CT molecular complexity index is 1870. The van der Waals surface area contributed by atoms with E-state index in [1.165, 1.54) is 11.3 Å². The van der Waals surface area contributed by atoms with Gasteiger partial charge >= 0.3 is 11.9 Å². The Labute approximate surface area is 234 Å². The molecule has 1 unspecified atom stereocenters. The number of carbonyl (C=O) groups is 2. The van der Waals surface area contributed by atoms with E-state index < -0.39 is 18.0 Å². The molecule has 0 aliphatic carbocycles. The van der Waals surface area contributed by atoms with Gasteiger partial charge in [0.2, 0.25) is 0 Å². The molecule has 0 bridgehead atoms. The van der Waals surface area contributed by atoms with Gasteiger partial charge in [0.05, 0.1) is 34.0 Å². The molecule has 4 aromatic rings. The summed E-state index contributed by atoms with van der Waals surface area (Å²) in [6.45, 7) is 9.58. The molecule has 0 saturated heterocycles. The van der Waals surface area contributed by atoms with Crippen molar-refractivity contribution in [2.45, 2.75) is 40.7 Å². The lowest BCUT2D eigenvalue weighted by atomic mass is 9.95. The Balaban J connectivity index is 1.68. The second kappa shape index (κ2) is 10.6. The summed E-state index contributed by atoms with van der Waals surface area (Å²) < 4.78 is 9.39. The number of carboxylic acids is 1. The fourth-order valence-corrected chi connectivity index (χ4v) is 6.14. The lowest BCUT2D eigenvalue weighted by Crippen LogP contribution is -2.39. The van der Waals surface area contributed by atoms with E-state index in [9.17, 15) is 19.5 Å². The molecule has 1 aliphatic rings. The van der Waals surface area contributed by atoms with Crippen LogP contribution >= 0.6 is 11.3 Å². The minimum Gasteiger partial charge on any atom is -0.478 e. The summed E-state index contributed by atoms with van der Waals surface area (Å²) in [6.07, 6.45) is 1.83. The number of rotatable bonds is 6. The van der Waals surface area contributed by atoms with Crippen LogP contribution in [0.15, 0.2) is 75.7 Å². The number of aromatic carboxylic acids is 1. The van der Waals surface area contributed by atoms with Crippen LogP contribution in [-0.2, 0) is 9.53 Å². The first-order valence-electron chi connectivity index (χ1n) is 12.9. The number of carbonyl (C=O) groups excluding carboxylic acids is 1. The van der Waals surface area contributed by atoms with E-state index >= 15 is 0 Å². The first-order valence-corrected chi connectivity index (χ1v) is 13.7. The van der Waals surface area contributed by atoms with Crippen molar-refractivity contribution in [2.24, 2.45) is 4.99 Å². The van der Waals surface area contributed by atoms with E-state index in [-0.39, 0.29) is 17.7 Å². The van der Waals surface area contributed by atoms with Crippen LogP contribution in [0, 0.1) is 20.8 Å². The monoisotopic (exact) mass is 555 g/mol. The molecule has 0 saturated carbocycles. The Morgan fingerprint density at radius 1 is 1.07 bits per heavy atom. The second-order valence-electron chi connectivity index (χ2n) is 9.73. The van der Waals surface area contributed by atoms with Crippen LogP contribution in [0.1, 0.15) is 58.3 Å². The molecule has 3 heterocycles. The maximum Gasteiger partial charge on any atom is 0.338 e. The number of ether oxygens (including phenoxy) is 1. The Kier molecular flexibility index (Phi) is 7.16. The minimum absolute atomic E-state index is 0.198. The molecule has 0 radical (unpaired) electrons. The smallest absolute Gasteiger partial charge is 0.338 e. The number of thiazole rings is 1. The lowest BCUT2D eigenvalue weighted by Gasteiger charge is -2.24. The third-order valence-corrected chi connectivity index (χ3v) is 8.00. The highest BCUT2D eigenvalue weighted by molar-refractivity contribution is 7.07. The number of hydrogen-bond acceptors (Lipinski definition) is 6. The van der Waals surface area contributed by atoms with Crippen LogP contribution in [-0.4, -0.2) is 32.8 Å². The zero-order valence-corrected chi connectivity index (χ0v) is 23.7. The predicted molar refractivity (Wildman–Crippen MR) is 154 cm³/mol. The molecule has 1 atom stereocenters. The van der Waals surface area contributed by atoms with Crippen LogP contribution in [0.2, 0.25) is 0 Å². The van der Waals surface area contributed by atoms with E-state index in [0.29, 0.717) is 20.6 Å². The number of aryl methyl sites for hydroxylation is 2. The van der Waals surface area contributed by atoms with Gasteiger partial charge in [0.15, 0.2) is 4.80 Å². The van der Waals surface area contributed by atoms with Gasteiger partial charge in [-0.3, -0.25) is 9.36 Å². The molecule has 1 aliphatic heterocycles. The van der Waals surface area contributed by atoms with Crippen molar-refractivity contribution in [1.29, 1.82) is 0 Å². The average Bonchev–Trinajstić information content (AvgIpc) is 3.37. The Morgan fingerprint density at radius 3 is 2.48 bits per heavy atom. The average molecular weight is 556 g/mol. The first-order chi connectivity index (χ1) is 19.1. The van der Waals surface area contributed by atoms with Gasteiger partial charge in [0.25, 0.3) is 5.56 Å². The van der Waals surface area contributed by atoms with Crippen molar-refractivity contribution < 1.29 is 19.4 Å². The van der Waals surface area contributed by atoms with Gasteiger partial charge < -0.3 is 14.4 Å². The number of nitrogens with zero attached hydrogens (tertiary/aromatic N) is 3. The van der Waals surface area contributed by atoms with E-state index in [1.54, 1.807) is 36.6 Å². The summed E-state index contributed by atoms with van der Waals surface area (Å²) >= 11 is 1.27. The number of allylic oxidation sites excluding steroid dienone is 1. The first kappa shape index (κ1) is 27.1. The van der Waals surface area contributed by atoms with Gasteiger partial charge in [-0.1, -0.05) is 47.2 Å². The van der Waals surface area contributed by atoms with Gasteiger partial charge in [-0.25, -0.2) is 14.6 Å². The van der Waals surface area contributed by atoms with Crippen molar-refractivity contribution in [3.63, 3.8) is 0 Å². The maximum absolute atomic E-state index is 13.9. The Hall–Kier alpha value is -4.50. The number of carboxylic acid groups (broad SMARTS) is 1. The van der Waals surface area contributed by atoms with E-state index in [4.69, 9.17) is 4.74 Å². The predicted octanol–water partition coefficient (Wildman–Crippen LogP) is 4.21. The van der Waals surface area contributed by atoms with Gasteiger partial charge in [0, 0.05) is 17.1 Å². The summed E-state index contributed by atoms with van der Waals surface area (Å²) in [5.74, 6) is -1.48. The number of aromatic nitrogens is 2. The van der Waals surface area contributed by atoms with Crippen LogP contribution < -0.4 is 14.9 Å². The summed E-state index contributed by atoms with van der Waals surface area (Å²) in [4.78, 5) is 43.7. The molecule has 0 fully saturated rings. The number of esters is 1. The molecule has 2 aromatic carbocycles. The standard InChI is InChI=1S/C31H29N3O5S/c1-6-39-30(38)26-19(4)32-31-34(27(26)21-12-10-17(2)11-13-21)28(35)25(40-31)16-23-14-18(3)33(20(23)5)24-9-7-8-22(15-24)29(36)37/h7-16,27H,6H2,1-5H3,(H,36,37)/b25-16+. The third-order valence-electron chi connectivity index (χ3n) is 7.02.